The molecule has 4 aromatic rings. The number of nitrogens with zero attached hydrogens (tertiary/aromatic N) is 5. The minimum absolute atomic E-state index is 0.0650. The Hall–Kier alpha value is -4.94. The van der Waals surface area contributed by atoms with Crippen molar-refractivity contribution in [2.75, 3.05) is 31.6 Å². The van der Waals surface area contributed by atoms with Gasteiger partial charge in [-0.3, -0.25) is 24.0 Å². The van der Waals surface area contributed by atoms with Crippen molar-refractivity contribution in [3.8, 4) is 16.9 Å². The molecule has 1 fully saturated rings. The van der Waals surface area contributed by atoms with Crippen molar-refractivity contribution < 1.29 is 32.3 Å². The maximum absolute atomic E-state index is 13.7. The molecule has 10 nitrogen and oxygen atoms in total. The van der Waals surface area contributed by atoms with Crippen LogP contribution in [0.1, 0.15) is 38.9 Å². The monoisotopic (exact) mass is 592 g/mol. The molecule has 43 heavy (non-hydrogen) atoms. The third-order valence-electron chi connectivity index (χ3n) is 7.79. The van der Waals surface area contributed by atoms with E-state index in [9.17, 15) is 27.6 Å². The van der Waals surface area contributed by atoms with Crippen LogP contribution in [0.15, 0.2) is 48.7 Å². The molecule has 2 aliphatic heterocycles. The highest BCUT2D eigenvalue weighted by Gasteiger charge is 2.39. The van der Waals surface area contributed by atoms with E-state index in [1.54, 1.807) is 47.4 Å². The predicted molar refractivity (Wildman–Crippen MR) is 151 cm³/mol. The number of benzene rings is 2. The molecule has 222 valence electrons. The number of aryl methyl sites for hydroxylation is 1. The molecular formula is C30H27F3N6O4. The van der Waals surface area contributed by atoms with Crippen molar-refractivity contribution >= 4 is 34.4 Å². The summed E-state index contributed by atoms with van der Waals surface area (Å²) >= 11 is 0. The maximum Gasteiger partial charge on any atom is 0.435 e. The Bertz CT molecular complexity index is 1790. The number of rotatable bonds is 5. The fraction of sp³-hybridized carbons (Fsp3) is 0.300. The Morgan fingerprint density at radius 1 is 1.07 bits per heavy atom. The molecule has 2 aromatic carbocycles. The number of aromatic nitrogens is 3. The molecule has 2 aliphatic rings. The second-order valence-electron chi connectivity index (χ2n) is 10.6. The Morgan fingerprint density at radius 3 is 2.51 bits per heavy atom. The van der Waals surface area contributed by atoms with Crippen LogP contribution in [0, 0.1) is 0 Å². The summed E-state index contributed by atoms with van der Waals surface area (Å²) in [6.45, 7) is 2.46. The highest BCUT2D eigenvalue weighted by Crippen LogP contribution is 2.39. The number of amides is 3. The summed E-state index contributed by atoms with van der Waals surface area (Å²) in [4.78, 5) is 46.4. The fourth-order valence-corrected chi connectivity index (χ4v) is 5.62. The van der Waals surface area contributed by atoms with Gasteiger partial charge in [-0.2, -0.15) is 18.3 Å². The van der Waals surface area contributed by atoms with Crippen molar-refractivity contribution in [2.45, 2.75) is 25.6 Å². The summed E-state index contributed by atoms with van der Waals surface area (Å²) in [7, 11) is 2.91. The van der Waals surface area contributed by atoms with Gasteiger partial charge in [0.05, 0.1) is 24.2 Å². The number of anilines is 1. The largest absolute Gasteiger partial charge is 0.497 e. The Morgan fingerprint density at radius 2 is 1.81 bits per heavy atom. The van der Waals surface area contributed by atoms with Gasteiger partial charge in [-0.1, -0.05) is 12.1 Å². The number of carbonyl (C=O) groups is 3. The van der Waals surface area contributed by atoms with Gasteiger partial charge in [0.25, 0.3) is 11.8 Å². The first-order valence-electron chi connectivity index (χ1n) is 13.5. The van der Waals surface area contributed by atoms with Crippen LogP contribution in [0.3, 0.4) is 0 Å². The summed E-state index contributed by atoms with van der Waals surface area (Å²) in [6.07, 6.45) is -3.06. The topological polar surface area (TPSA) is 110 Å². The van der Waals surface area contributed by atoms with E-state index >= 15 is 0 Å². The number of carbonyl (C=O) groups excluding carboxylic acids is 3. The van der Waals surface area contributed by atoms with Gasteiger partial charge in [0.15, 0.2) is 5.69 Å². The number of likely N-dealkylation sites (tertiary alicyclic amines) is 1. The summed E-state index contributed by atoms with van der Waals surface area (Å²) in [5, 5.41) is 7.16. The molecule has 1 saturated heterocycles. The quantitative estimate of drug-likeness (QED) is 0.378. The fourth-order valence-electron chi connectivity index (χ4n) is 5.62. The maximum atomic E-state index is 13.7. The van der Waals surface area contributed by atoms with Crippen LogP contribution in [0.4, 0.5) is 19.0 Å². The van der Waals surface area contributed by atoms with E-state index in [4.69, 9.17) is 9.72 Å². The van der Waals surface area contributed by atoms with E-state index in [2.05, 4.69) is 10.4 Å². The number of halogens is 3. The first kappa shape index (κ1) is 28.2. The van der Waals surface area contributed by atoms with Gasteiger partial charge in [-0.25, -0.2) is 4.98 Å². The molecule has 6 rings (SSSR count). The van der Waals surface area contributed by atoms with Gasteiger partial charge in [0.2, 0.25) is 5.91 Å². The van der Waals surface area contributed by atoms with Crippen molar-refractivity contribution in [3.63, 3.8) is 0 Å². The Balaban J connectivity index is 1.34. The number of fused-ring (bicyclic) bond motifs is 2. The molecule has 0 spiro atoms. The zero-order valence-electron chi connectivity index (χ0n) is 23.5. The predicted octanol–water partition coefficient (Wildman–Crippen LogP) is 3.83. The molecule has 13 heteroatoms. The summed E-state index contributed by atoms with van der Waals surface area (Å²) in [5.41, 5.74) is 0.606. The molecule has 3 amide bonds. The zero-order chi connectivity index (χ0) is 30.6. The van der Waals surface area contributed by atoms with E-state index in [1.165, 1.54) is 32.2 Å². The number of alkyl halides is 3. The highest BCUT2D eigenvalue weighted by atomic mass is 19.4. The van der Waals surface area contributed by atoms with E-state index in [0.29, 0.717) is 46.7 Å². The average Bonchev–Trinajstić information content (AvgIpc) is 3.35. The van der Waals surface area contributed by atoms with Crippen LogP contribution >= 0.6 is 0 Å². The average molecular weight is 593 g/mol. The van der Waals surface area contributed by atoms with Crippen molar-refractivity contribution in [1.82, 2.24) is 25.0 Å². The molecule has 0 aliphatic carbocycles. The Labute approximate surface area is 244 Å². The molecule has 0 bridgehead atoms. The summed E-state index contributed by atoms with van der Waals surface area (Å²) in [5.74, 6) is -0.110. The van der Waals surface area contributed by atoms with Gasteiger partial charge < -0.3 is 15.0 Å². The molecule has 4 heterocycles. The van der Waals surface area contributed by atoms with Gasteiger partial charge in [-0.15, -0.1) is 0 Å². The minimum Gasteiger partial charge on any atom is -0.497 e. The lowest BCUT2D eigenvalue weighted by Gasteiger charge is -2.38. The SMILES string of the molecule is COc1cc(C(=O)NC2CN(C(C)=O)C2)c2nc(N3CCc4c(cccc4-c4cn(C)nc4C(F)(F)F)C3=O)ccc2c1. The van der Waals surface area contributed by atoms with Crippen LogP contribution in [-0.4, -0.2) is 70.2 Å². The van der Waals surface area contributed by atoms with E-state index in [0.717, 1.165) is 4.68 Å². The summed E-state index contributed by atoms with van der Waals surface area (Å²) < 4.78 is 47.7. The van der Waals surface area contributed by atoms with Crippen LogP contribution in [-0.2, 0) is 24.4 Å². The van der Waals surface area contributed by atoms with E-state index in [-0.39, 0.29) is 41.6 Å². The smallest absolute Gasteiger partial charge is 0.435 e. The van der Waals surface area contributed by atoms with Crippen molar-refractivity contribution in [3.05, 3.63) is 71.0 Å². The van der Waals surface area contributed by atoms with Gasteiger partial charge in [0, 0.05) is 56.3 Å². The third kappa shape index (κ3) is 5.04. The highest BCUT2D eigenvalue weighted by molar-refractivity contribution is 6.10. The minimum atomic E-state index is -4.66. The number of nitrogens with one attached hydrogen (secondary N) is 1. The van der Waals surface area contributed by atoms with Crippen LogP contribution in [0.25, 0.3) is 22.0 Å². The third-order valence-corrected chi connectivity index (χ3v) is 7.79. The summed E-state index contributed by atoms with van der Waals surface area (Å²) in [6, 6.07) is 11.2. The first-order valence-corrected chi connectivity index (χ1v) is 13.5. The number of pyridine rings is 1. The lowest BCUT2D eigenvalue weighted by atomic mass is 9.90. The van der Waals surface area contributed by atoms with E-state index in [1.807, 2.05) is 0 Å². The molecule has 2 aromatic heterocycles. The molecule has 0 saturated carbocycles. The second kappa shape index (κ2) is 10.4. The van der Waals surface area contributed by atoms with Gasteiger partial charge >= 0.3 is 6.18 Å². The van der Waals surface area contributed by atoms with Crippen molar-refractivity contribution in [1.29, 1.82) is 0 Å². The zero-order valence-corrected chi connectivity index (χ0v) is 23.5. The second-order valence-corrected chi connectivity index (χ2v) is 10.6. The molecule has 1 N–H and O–H groups in total. The number of methoxy groups -OCH3 is 1. The van der Waals surface area contributed by atoms with E-state index < -0.39 is 23.7 Å². The number of ether oxygens (including phenoxy) is 1. The normalized spacial score (nSPS) is 15.3. The molecular weight excluding hydrogens is 565 g/mol. The first-order chi connectivity index (χ1) is 20.4. The lowest BCUT2D eigenvalue weighted by molar-refractivity contribution is -0.141. The van der Waals surface area contributed by atoms with Crippen LogP contribution < -0.4 is 15.0 Å². The van der Waals surface area contributed by atoms with Crippen LogP contribution in [0.5, 0.6) is 5.75 Å². The van der Waals surface area contributed by atoms with Gasteiger partial charge in [0.1, 0.15) is 11.6 Å². The molecule has 0 unspecified atom stereocenters. The molecule has 0 atom stereocenters. The molecule has 0 radical (unpaired) electrons. The van der Waals surface area contributed by atoms with Crippen molar-refractivity contribution in [2.24, 2.45) is 7.05 Å². The van der Waals surface area contributed by atoms with Gasteiger partial charge in [-0.05, 0) is 47.9 Å². The number of hydrogen-bond acceptors (Lipinski definition) is 6. The standard InChI is InChI=1S/C30H27F3N6O4/c1-16(40)38-13-18(14-38)34-28(41)23-12-19(43-3)11-17-7-8-25(35-26(17)23)39-10-9-21-20(5-4-6-22(21)29(39)42)24-15-37(2)36-27(24)30(31,32)33/h4-8,11-12,15,18H,9-10,13-14H2,1-3H3,(H,34,41). The van der Waals surface area contributed by atoms with Crippen LogP contribution in [0.2, 0.25) is 0 Å². The Kier molecular flexibility index (Phi) is 6.82. The number of hydrogen-bond donors (Lipinski definition) is 1. The lowest BCUT2D eigenvalue weighted by Crippen LogP contribution is -2.60.